The Kier molecular flexibility index (Phi) is 7.43. The third kappa shape index (κ3) is 5.88. The van der Waals surface area contributed by atoms with Crippen LogP contribution in [0, 0.1) is 5.92 Å². The second-order valence-corrected chi connectivity index (χ2v) is 6.64. The van der Waals surface area contributed by atoms with Crippen molar-refractivity contribution in [3.05, 3.63) is 11.6 Å². The molecule has 1 aliphatic carbocycles. The zero-order valence-electron chi connectivity index (χ0n) is 14.4. The third-order valence-electron chi connectivity index (χ3n) is 4.81. The smallest absolute Gasteiger partial charge is 0.317 e. The van der Waals surface area contributed by atoms with E-state index in [0.717, 1.165) is 38.8 Å². The van der Waals surface area contributed by atoms with Crippen molar-refractivity contribution >= 4 is 11.9 Å². The number of hydrogen-bond donors (Lipinski definition) is 2. The average molecular weight is 321 g/mol. The van der Waals surface area contributed by atoms with Crippen molar-refractivity contribution < 1.29 is 9.59 Å². The molecule has 0 unspecified atom stereocenters. The Morgan fingerprint density at radius 3 is 2.61 bits per heavy atom. The number of hydrogen-bond acceptors (Lipinski definition) is 2. The van der Waals surface area contributed by atoms with Gasteiger partial charge in [0, 0.05) is 32.1 Å². The lowest BCUT2D eigenvalue weighted by atomic mass is 9.96. The van der Waals surface area contributed by atoms with Crippen molar-refractivity contribution in [2.24, 2.45) is 5.92 Å². The molecule has 0 aromatic rings. The number of rotatable bonds is 6. The predicted octanol–water partition coefficient (Wildman–Crippen LogP) is 2.82. The Hall–Kier alpha value is -1.52. The van der Waals surface area contributed by atoms with Gasteiger partial charge in [-0.2, -0.15) is 0 Å². The molecule has 1 heterocycles. The lowest BCUT2D eigenvalue weighted by molar-refractivity contribution is -0.126. The van der Waals surface area contributed by atoms with Crippen molar-refractivity contribution in [1.29, 1.82) is 0 Å². The third-order valence-corrected chi connectivity index (χ3v) is 4.81. The quantitative estimate of drug-likeness (QED) is 0.739. The number of carbonyl (C=O) groups is 2. The summed E-state index contributed by atoms with van der Waals surface area (Å²) in [5.41, 5.74) is 1.49. The lowest BCUT2D eigenvalue weighted by Crippen LogP contribution is -2.47. The first-order chi connectivity index (χ1) is 11.2. The Labute approximate surface area is 139 Å². The van der Waals surface area contributed by atoms with Gasteiger partial charge in [0.1, 0.15) is 0 Å². The molecular formula is C18H31N3O2. The highest BCUT2D eigenvalue weighted by molar-refractivity contribution is 5.79. The molecule has 130 valence electrons. The van der Waals surface area contributed by atoms with Crippen LogP contribution in [0.1, 0.15) is 58.3 Å². The molecule has 0 radical (unpaired) electrons. The van der Waals surface area contributed by atoms with Crippen LogP contribution in [-0.2, 0) is 4.79 Å². The summed E-state index contributed by atoms with van der Waals surface area (Å²) in [5, 5.41) is 5.98. The molecule has 0 bridgehead atoms. The molecule has 5 heteroatoms. The predicted molar refractivity (Wildman–Crippen MR) is 92.2 cm³/mol. The summed E-state index contributed by atoms with van der Waals surface area (Å²) >= 11 is 0. The monoisotopic (exact) mass is 321 g/mol. The van der Waals surface area contributed by atoms with Gasteiger partial charge >= 0.3 is 6.03 Å². The van der Waals surface area contributed by atoms with Crippen LogP contribution in [0.5, 0.6) is 0 Å². The molecule has 2 aliphatic rings. The summed E-state index contributed by atoms with van der Waals surface area (Å²) in [6, 6.07) is 0.0221. The van der Waals surface area contributed by atoms with Crippen molar-refractivity contribution in [1.82, 2.24) is 15.5 Å². The van der Waals surface area contributed by atoms with Crippen LogP contribution < -0.4 is 10.6 Å². The summed E-state index contributed by atoms with van der Waals surface area (Å²) in [4.78, 5) is 26.0. The Bertz CT molecular complexity index is 426. The van der Waals surface area contributed by atoms with Gasteiger partial charge < -0.3 is 15.5 Å². The Morgan fingerprint density at radius 2 is 1.96 bits per heavy atom. The number of nitrogens with one attached hydrogen (secondary N) is 2. The largest absolute Gasteiger partial charge is 0.356 e. The maximum Gasteiger partial charge on any atom is 0.317 e. The van der Waals surface area contributed by atoms with Crippen LogP contribution in [0.25, 0.3) is 0 Å². The zero-order valence-corrected chi connectivity index (χ0v) is 14.4. The zero-order chi connectivity index (χ0) is 16.5. The van der Waals surface area contributed by atoms with E-state index in [1.54, 1.807) is 0 Å². The van der Waals surface area contributed by atoms with Crippen molar-refractivity contribution in [3.63, 3.8) is 0 Å². The number of urea groups is 1. The van der Waals surface area contributed by atoms with Crippen LogP contribution in [-0.4, -0.2) is 43.0 Å². The molecule has 0 atom stereocenters. The molecule has 23 heavy (non-hydrogen) atoms. The molecule has 1 aliphatic heterocycles. The Balaban J connectivity index is 1.63. The van der Waals surface area contributed by atoms with Gasteiger partial charge in [-0.1, -0.05) is 18.6 Å². The molecule has 2 rings (SSSR count). The first-order valence-electron chi connectivity index (χ1n) is 9.19. The standard InChI is InChI=1S/C18H31N3O2/c1-2-11-19-17(22)16-9-13-21(14-10-16)18(23)20-12-8-15-6-4-3-5-7-15/h6,16H,2-5,7-14H2,1H3,(H,19,22)(H,20,23). The minimum absolute atomic E-state index is 0.0221. The fourth-order valence-electron chi connectivity index (χ4n) is 3.31. The highest BCUT2D eigenvalue weighted by atomic mass is 16.2. The van der Waals surface area contributed by atoms with E-state index in [2.05, 4.69) is 23.6 Å². The number of nitrogens with zero attached hydrogens (tertiary/aromatic N) is 1. The molecular weight excluding hydrogens is 290 g/mol. The van der Waals surface area contributed by atoms with E-state index in [1.165, 1.54) is 31.3 Å². The maximum absolute atomic E-state index is 12.2. The fourth-order valence-corrected chi connectivity index (χ4v) is 3.31. The van der Waals surface area contributed by atoms with E-state index in [4.69, 9.17) is 0 Å². The summed E-state index contributed by atoms with van der Waals surface area (Å²) in [6.45, 7) is 4.88. The van der Waals surface area contributed by atoms with Gasteiger partial charge in [0.2, 0.25) is 5.91 Å². The number of likely N-dealkylation sites (tertiary alicyclic amines) is 1. The van der Waals surface area contributed by atoms with Gasteiger partial charge in [-0.05, 0) is 51.4 Å². The first-order valence-corrected chi connectivity index (χ1v) is 9.19. The summed E-state index contributed by atoms with van der Waals surface area (Å²) in [6.07, 6.45) is 10.8. The molecule has 0 aromatic heterocycles. The van der Waals surface area contributed by atoms with Crippen LogP contribution in [0.2, 0.25) is 0 Å². The van der Waals surface area contributed by atoms with Crippen LogP contribution >= 0.6 is 0 Å². The highest BCUT2D eigenvalue weighted by Gasteiger charge is 2.26. The van der Waals surface area contributed by atoms with Gasteiger partial charge in [-0.25, -0.2) is 4.79 Å². The molecule has 1 fully saturated rings. The molecule has 3 amide bonds. The lowest BCUT2D eigenvalue weighted by Gasteiger charge is -2.31. The van der Waals surface area contributed by atoms with E-state index in [-0.39, 0.29) is 17.9 Å². The molecule has 5 nitrogen and oxygen atoms in total. The molecule has 0 saturated carbocycles. The van der Waals surface area contributed by atoms with Gasteiger partial charge in [0.15, 0.2) is 0 Å². The summed E-state index contributed by atoms with van der Waals surface area (Å²) in [7, 11) is 0. The second-order valence-electron chi connectivity index (χ2n) is 6.64. The summed E-state index contributed by atoms with van der Waals surface area (Å²) in [5.74, 6) is 0.217. The van der Waals surface area contributed by atoms with Crippen LogP contribution in [0.15, 0.2) is 11.6 Å². The fraction of sp³-hybridized carbons (Fsp3) is 0.778. The first kappa shape index (κ1) is 17.8. The van der Waals surface area contributed by atoms with Crippen LogP contribution in [0.3, 0.4) is 0 Å². The topological polar surface area (TPSA) is 61.4 Å². The van der Waals surface area contributed by atoms with E-state index in [0.29, 0.717) is 13.1 Å². The summed E-state index contributed by atoms with van der Waals surface area (Å²) < 4.78 is 0. The minimum atomic E-state index is 0.0221. The molecule has 0 aromatic carbocycles. The van der Waals surface area contributed by atoms with Gasteiger partial charge in [0.25, 0.3) is 0 Å². The van der Waals surface area contributed by atoms with E-state index < -0.39 is 0 Å². The molecule has 2 N–H and O–H groups in total. The number of allylic oxidation sites excluding steroid dienone is 1. The van der Waals surface area contributed by atoms with Crippen molar-refractivity contribution in [2.75, 3.05) is 26.2 Å². The normalized spacial score (nSPS) is 19.2. The van der Waals surface area contributed by atoms with Crippen molar-refractivity contribution in [2.45, 2.75) is 58.3 Å². The van der Waals surface area contributed by atoms with E-state index in [9.17, 15) is 9.59 Å². The SMILES string of the molecule is CCCNC(=O)C1CCN(C(=O)NCCC2=CCCCC2)CC1. The second kappa shape index (κ2) is 9.58. The molecule has 1 saturated heterocycles. The highest BCUT2D eigenvalue weighted by Crippen LogP contribution is 2.20. The average Bonchev–Trinajstić information content (AvgIpc) is 2.60. The van der Waals surface area contributed by atoms with Crippen LogP contribution in [0.4, 0.5) is 4.79 Å². The van der Waals surface area contributed by atoms with Gasteiger partial charge in [-0.3, -0.25) is 4.79 Å². The van der Waals surface area contributed by atoms with Gasteiger partial charge in [-0.15, -0.1) is 0 Å². The molecule has 0 spiro atoms. The number of piperidine rings is 1. The van der Waals surface area contributed by atoms with E-state index >= 15 is 0 Å². The minimum Gasteiger partial charge on any atom is -0.356 e. The van der Waals surface area contributed by atoms with E-state index in [1.807, 2.05) is 4.90 Å². The van der Waals surface area contributed by atoms with Crippen molar-refractivity contribution in [3.8, 4) is 0 Å². The maximum atomic E-state index is 12.2. The Morgan fingerprint density at radius 1 is 1.17 bits per heavy atom. The number of amides is 3. The number of carbonyl (C=O) groups excluding carboxylic acids is 2. The van der Waals surface area contributed by atoms with Gasteiger partial charge in [0.05, 0.1) is 0 Å².